The molecule has 2 N–H and O–H groups in total. The third kappa shape index (κ3) is 1.13. The first kappa shape index (κ1) is 7.92. The van der Waals surface area contributed by atoms with Crippen LogP contribution in [0.1, 0.15) is 0 Å². The van der Waals surface area contributed by atoms with Crippen LogP contribution >= 0.6 is 0 Å². The van der Waals surface area contributed by atoms with Gasteiger partial charge in [-0.2, -0.15) is 14.5 Å². The zero-order chi connectivity index (χ0) is 10.3. The fourth-order valence-corrected chi connectivity index (χ4v) is 1.25. The molecule has 3 heterocycles. The number of aromatic nitrogens is 5. The number of anilines is 1. The lowest BCUT2D eigenvalue weighted by atomic mass is 10.4. The molecule has 7 heteroatoms. The summed E-state index contributed by atoms with van der Waals surface area (Å²) >= 11 is 0. The summed E-state index contributed by atoms with van der Waals surface area (Å²) in [4.78, 5) is 11.9. The van der Waals surface area contributed by atoms with Gasteiger partial charge in [-0.1, -0.05) is 0 Å². The molecule has 74 valence electrons. The van der Waals surface area contributed by atoms with Crippen LogP contribution in [0.5, 0.6) is 0 Å². The number of nitrogens with two attached hydrogens (primary N) is 1. The molecule has 7 nitrogen and oxygen atoms in total. The van der Waals surface area contributed by atoms with E-state index in [1.54, 1.807) is 18.4 Å². The highest BCUT2D eigenvalue weighted by atomic mass is 16.3. The lowest BCUT2D eigenvalue weighted by Crippen LogP contribution is -2.02. The summed E-state index contributed by atoms with van der Waals surface area (Å²) in [5, 5.41) is 4.12. The number of hydrogen-bond acceptors (Lipinski definition) is 6. The Morgan fingerprint density at radius 1 is 1.33 bits per heavy atom. The first-order chi connectivity index (χ1) is 7.34. The number of hydrogen-bond donors (Lipinski definition) is 1. The molecule has 3 aromatic rings. The van der Waals surface area contributed by atoms with Gasteiger partial charge in [0.25, 0.3) is 5.78 Å². The number of rotatable bonds is 1. The summed E-state index contributed by atoms with van der Waals surface area (Å²) in [6.45, 7) is 0. The van der Waals surface area contributed by atoms with E-state index in [4.69, 9.17) is 10.2 Å². The van der Waals surface area contributed by atoms with Crippen molar-refractivity contribution >= 4 is 11.7 Å². The van der Waals surface area contributed by atoms with Crippen LogP contribution in [0.25, 0.3) is 17.4 Å². The molecule has 0 atom stereocenters. The molecule has 0 saturated heterocycles. The lowest BCUT2D eigenvalue weighted by Gasteiger charge is -1.91. The van der Waals surface area contributed by atoms with Gasteiger partial charge in [-0.3, -0.25) is 0 Å². The Labute approximate surface area is 83.6 Å². The predicted octanol–water partition coefficient (Wildman–Crippen LogP) is 0.362. The first-order valence-corrected chi connectivity index (χ1v) is 4.22. The minimum Gasteiger partial charge on any atom is -0.461 e. The van der Waals surface area contributed by atoms with Gasteiger partial charge in [0.1, 0.15) is 6.33 Å². The zero-order valence-corrected chi connectivity index (χ0v) is 7.53. The van der Waals surface area contributed by atoms with Crippen molar-refractivity contribution in [3.05, 3.63) is 24.7 Å². The van der Waals surface area contributed by atoms with Gasteiger partial charge in [0.05, 0.1) is 6.26 Å². The third-order valence-corrected chi connectivity index (χ3v) is 1.91. The molecule has 0 aliphatic carbocycles. The second kappa shape index (κ2) is 2.77. The van der Waals surface area contributed by atoms with Crippen molar-refractivity contribution in [3.8, 4) is 11.6 Å². The van der Waals surface area contributed by atoms with Gasteiger partial charge in [0.15, 0.2) is 5.76 Å². The van der Waals surface area contributed by atoms with Crippen LogP contribution in [0.15, 0.2) is 29.1 Å². The van der Waals surface area contributed by atoms with Gasteiger partial charge in [-0.25, -0.2) is 4.98 Å². The van der Waals surface area contributed by atoms with Gasteiger partial charge in [-0.05, 0) is 12.1 Å². The van der Waals surface area contributed by atoms with E-state index in [0.29, 0.717) is 17.4 Å². The molecule has 0 spiro atoms. The molecule has 0 fully saturated rings. The Kier molecular flexibility index (Phi) is 1.46. The summed E-state index contributed by atoms with van der Waals surface area (Å²) in [6.07, 6.45) is 2.89. The Morgan fingerprint density at radius 3 is 3.00 bits per heavy atom. The molecule has 0 radical (unpaired) electrons. The summed E-state index contributed by atoms with van der Waals surface area (Å²) in [7, 11) is 0. The largest absolute Gasteiger partial charge is 0.461 e. The SMILES string of the molecule is Nc1ncnc2nc(-c3ccco3)nn12. The number of furan rings is 1. The van der Waals surface area contributed by atoms with Crippen molar-refractivity contribution in [2.75, 3.05) is 5.73 Å². The second-order valence-electron chi connectivity index (χ2n) is 2.86. The van der Waals surface area contributed by atoms with Crippen LogP contribution in [-0.4, -0.2) is 24.6 Å². The quantitative estimate of drug-likeness (QED) is 0.612. The van der Waals surface area contributed by atoms with Crippen molar-refractivity contribution in [1.82, 2.24) is 24.6 Å². The fourth-order valence-electron chi connectivity index (χ4n) is 1.25. The van der Waals surface area contributed by atoms with E-state index in [0.717, 1.165) is 0 Å². The Bertz CT molecular complexity index is 599. The molecule has 3 aromatic heterocycles. The molecule has 15 heavy (non-hydrogen) atoms. The van der Waals surface area contributed by atoms with Crippen molar-refractivity contribution < 1.29 is 4.42 Å². The second-order valence-corrected chi connectivity index (χ2v) is 2.86. The van der Waals surface area contributed by atoms with Crippen LogP contribution in [0.3, 0.4) is 0 Å². The average Bonchev–Trinajstić information content (AvgIpc) is 2.86. The summed E-state index contributed by atoms with van der Waals surface area (Å²) in [5.74, 6) is 1.64. The van der Waals surface area contributed by atoms with E-state index >= 15 is 0 Å². The van der Waals surface area contributed by atoms with Crippen molar-refractivity contribution in [3.63, 3.8) is 0 Å². The molecule has 0 amide bonds. The highest BCUT2D eigenvalue weighted by Gasteiger charge is 2.10. The Morgan fingerprint density at radius 2 is 2.27 bits per heavy atom. The van der Waals surface area contributed by atoms with Gasteiger partial charge >= 0.3 is 0 Å². The van der Waals surface area contributed by atoms with Gasteiger partial charge in [-0.15, -0.1) is 5.10 Å². The van der Waals surface area contributed by atoms with E-state index in [-0.39, 0.29) is 5.95 Å². The summed E-state index contributed by atoms with van der Waals surface area (Å²) in [5.41, 5.74) is 5.60. The minimum absolute atomic E-state index is 0.241. The smallest absolute Gasteiger partial charge is 0.257 e. The maximum Gasteiger partial charge on any atom is 0.257 e. The van der Waals surface area contributed by atoms with E-state index in [2.05, 4.69) is 20.1 Å². The minimum atomic E-state index is 0.241. The third-order valence-electron chi connectivity index (χ3n) is 1.91. The van der Waals surface area contributed by atoms with Crippen molar-refractivity contribution in [1.29, 1.82) is 0 Å². The maximum absolute atomic E-state index is 5.60. The highest BCUT2D eigenvalue weighted by molar-refractivity contribution is 5.50. The van der Waals surface area contributed by atoms with Crippen LogP contribution in [0.4, 0.5) is 5.95 Å². The number of nitrogen functional groups attached to an aromatic ring is 1. The fraction of sp³-hybridized carbons (Fsp3) is 0. The number of nitrogens with zero attached hydrogens (tertiary/aromatic N) is 5. The average molecular weight is 202 g/mol. The zero-order valence-electron chi connectivity index (χ0n) is 7.53. The Hall–Kier alpha value is -2.44. The molecule has 0 aliphatic rings. The van der Waals surface area contributed by atoms with Crippen LogP contribution in [0, 0.1) is 0 Å². The monoisotopic (exact) mass is 202 g/mol. The number of fused-ring (bicyclic) bond motifs is 1. The van der Waals surface area contributed by atoms with E-state index < -0.39 is 0 Å². The molecular formula is C8H6N6O. The summed E-state index contributed by atoms with van der Waals surface area (Å²) < 4.78 is 6.52. The molecule has 0 bridgehead atoms. The van der Waals surface area contributed by atoms with Crippen LogP contribution in [-0.2, 0) is 0 Å². The van der Waals surface area contributed by atoms with E-state index in [1.165, 1.54) is 10.8 Å². The molecule has 3 rings (SSSR count). The molecular weight excluding hydrogens is 196 g/mol. The molecule has 0 aromatic carbocycles. The first-order valence-electron chi connectivity index (χ1n) is 4.22. The van der Waals surface area contributed by atoms with Gasteiger partial charge in [0.2, 0.25) is 11.8 Å². The molecule has 0 aliphatic heterocycles. The van der Waals surface area contributed by atoms with Crippen molar-refractivity contribution in [2.45, 2.75) is 0 Å². The van der Waals surface area contributed by atoms with Crippen molar-refractivity contribution in [2.24, 2.45) is 0 Å². The maximum atomic E-state index is 5.60. The standard InChI is InChI=1S/C8H6N6O/c9-7-10-4-11-8-12-6(13-14(7)8)5-2-1-3-15-5/h1-4H,(H2,9,10,11,12,13). The van der Waals surface area contributed by atoms with Crippen LogP contribution in [0.2, 0.25) is 0 Å². The van der Waals surface area contributed by atoms with Gasteiger partial charge in [0, 0.05) is 0 Å². The lowest BCUT2D eigenvalue weighted by molar-refractivity contribution is 0.577. The molecule has 0 saturated carbocycles. The Balaban J connectivity index is 2.27. The molecule has 0 unspecified atom stereocenters. The highest BCUT2D eigenvalue weighted by Crippen LogP contribution is 2.15. The van der Waals surface area contributed by atoms with E-state index in [9.17, 15) is 0 Å². The van der Waals surface area contributed by atoms with Crippen LogP contribution < -0.4 is 5.73 Å². The van der Waals surface area contributed by atoms with E-state index in [1.807, 2.05) is 0 Å². The topological polar surface area (TPSA) is 95.1 Å². The predicted molar refractivity (Wildman–Crippen MR) is 50.7 cm³/mol. The summed E-state index contributed by atoms with van der Waals surface area (Å²) in [6, 6.07) is 3.52. The normalized spacial score (nSPS) is 10.9. The van der Waals surface area contributed by atoms with Gasteiger partial charge < -0.3 is 10.2 Å².